The molecule has 0 radical (unpaired) electrons. The van der Waals surface area contributed by atoms with E-state index in [9.17, 15) is 14.0 Å². The Morgan fingerprint density at radius 3 is 2.52 bits per heavy atom. The van der Waals surface area contributed by atoms with Crippen molar-refractivity contribution in [2.24, 2.45) is 0 Å². The molecule has 7 heteroatoms. The van der Waals surface area contributed by atoms with E-state index in [-0.39, 0.29) is 17.6 Å². The van der Waals surface area contributed by atoms with Crippen molar-refractivity contribution in [1.82, 2.24) is 10.3 Å². The van der Waals surface area contributed by atoms with Gasteiger partial charge in [-0.15, -0.1) is 11.3 Å². The molecular weight excluding hydrogens is 389 g/mol. The molecule has 2 amide bonds. The van der Waals surface area contributed by atoms with Crippen molar-refractivity contribution in [3.8, 4) is 11.3 Å². The van der Waals surface area contributed by atoms with Crippen molar-refractivity contribution in [3.05, 3.63) is 76.9 Å². The number of hydrogen-bond donors (Lipinski definition) is 2. The number of nitrogens with one attached hydrogen (secondary N) is 2. The van der Waals surface area contributed by atoms with Crippen LogP contribution in [0.4, 0.5) is 9.52 Å². The summed E-state index contributed by atoms with van der Waals surface area (Å²) in [5, 5.41) is 7.89. The van der Waals surface area contributed by atoms with Crippen molar-refractivity contribution >= 4 is 34.4 Å². The molecule has 0 atom stereocenters. The number of thiazole rings is 1. The third kappa shape index (κ3) is 6.36. The molecule has 3 aromatic rings. The molecule has 3 rings (SSSR count). The van der Waals surface area contributed by atoms with Gasteiger partial charge < -0.3 is 5.32 Å². The van der Waals surface area contributed by atoms with Gasteiger partial charge in [-0.25, -0.2) is 9.37 Å². The number of hydrogen-bond acceptors (Lipinski definition) is 4. The molecule has 0 bridgehead atoms. The average Bonchev–Trinajstić information content (AvgIpc) is 3.16. The normalized spacial score (nSPS) is 10.8. The van der Waals surface area contributed by atoms with Crippen LogP contribution >= 0.6 is 11.3 Å². The minimum absolute atomic E-state index is 0.0359. The van der Waals surface area contributed by atoms with E-state index in [1.807, 2.05) is 29.6 Å². The van der Waals surface area contributed by atoms with Gasteiger partial charge in [0, 0.05) is 30.5 Å². The molecule has 0 spiro atoms. The Labute approximate surface area is 172 Å². The number of amides is 2. The van der Waals surface area contributed by atoms with Gasteiger partial charge in [-0.3, -0.25) is 14.9 Å². The largest absolute Gasteiger partial charge is 0.356 e. The molecule has 0 saturated carbocycles. The summed E-state index contributed by atoms with van der Waals surface area (Å²) in [6, 6.07) is 13.8. The highest BCUT2D eigenvalue weighted by Crippen LogP contribution is 2.25. The minimum Gasteiger partial charge on any atom is -0.356 e. The molecular formula is C22H20FN3O2S. The van der Waals surface area contributed by atoms with Crippen LogP contribution < -0.4 is 10.6 Å². The third-order valence-electron chi connectivity index (χ3n) is 4.07. The Kier molecular flexibility index (Phi) is 6.86. The van der Waals surface area contributed by atoms with E-state index in [1.165, 1.54) is 36.5 Å². The number of benzene rings is 2. The standard InChI is InChI=1S/C22H20FN3O2S/c1-15(27)24-13-12-17-2-7-18(8-3-17)20-14-29-22(25-20)26-21(28)11-6-16-4-9-19(23)10-5-16/h2-11,14H,12-13H2,1H3,(H,24,27)(H,25,26,28)/b11-6+. The molecule has 5 nitrogen and oxygen atoms in total. The van der Waals surface area contributed by atoms with Crippen LogP contribution in [0.25, 0.3) is 17.3 Å². The third-order valence-corrected chi connectivity index (χ3v) is 4.83. The van der Waals surface area contributed by atoms with Crippen LogP contribution in [0.2, 0.25) is 0 Å². The van der Waals surface area contributed by atoms with Crippen molar-refractivity contribution < 1.29 is 14.0 Å². The fourth-order valence-corrected chi connectivity index (χ4v) is 3.30. The van der Waals surface area contributed by atoms with Crippen LogP contribution in [-0.4, -0.2) is 23.3 Å². The van der Waals surface area contributed by atoms with Gasteiger partial charge in [-0.05, 0) is 35.8 Å². The Bertz CT molecular complexity index is 1010. The SMILES string of the molecule is CC(=O)NCCc1ccc(-c2csc(NC(=O)/C=C/c3ccc(F)cc3)n2)cc1. The van der Waals surface area contributed by atoms with Gasteiger partial charge in [0.15, 0.2) is 5.13 Å². The Balaban J connectivity index is 1.56. The Morgan fingerprint density at radius 2 is 1.83 bits per heavy atom. The summed E-state index contributed by atoms with van der Waals surface area (Å²) in [4.78, 5) is 27.4. The summed E-state index contributed by atoms with van der Waals surface area (Å²) in [6.07, 6.45) is 3.76. The number of carbonyl (C=O) groups is 2. The molecule has 29 heavy (non-hydrogen) atoms. The van der Waals surface area contributed by atoms with Gasteiger partial charge in [0.25, 0.3) is 0 Å². The summed E-state index contributed by atoms with van der Waals surface area (Å²) < 4.78 is 12.9. The van der Waals surface area contributed by atoms with Gasteiger partial charge in [0.2, 0.25) is 11.8 Å². The summed E-state index contributed by atoms with van der Waals surface area (Å²) in [5.41, 5.74) is 3.59. The fourth-order valence-electron chi connectivity index (χ4n) is 2.58. The predicted molar refractivity (Wildman–Crippen MR) is 114 cm³/mol. The molecule has 2 N–H and O–H groups in total. The van der Waals surface area contributed by atoms with E-state index in [0.717, 1.165) is 28.8 Å². The van der Waals surface area contributed by atoms with E-state index in [1.54, 1.807) is 18.2 Å². The second-order valence-corrected chi connectivity index (χ2v) is 7.20. The summed E-state index contributed by atoms with van der Waals surface area (Å²) >= 11 is 1.34. The maximum absolute atomic E-state index is 12.9. The predicted octanol–water partition coefficient (Wildman–Crippen LogP) is 4.28. The average molecular weight is 409 g/mol. The topological polar surface area (TPSA) is 71.1 Å². The summed E-state index contributed by atoms with van der Waals surface area (Å²) in [5.74, 6) is -0.655. The van der Waals surface area contributed by atoms with E-state index in [4.69, 9.17) is 0 Å². The van der Waals surface area contributed by atoms with Crippen LogP contribution in [0.15, 0.2) is 60.0 Å². The monoisotopic (exact) mass is 409 g/mol. The van der Waals surface area contributed by atoms with E-state index in [0.29, 0.717) is 11.7 Å². The number of aromatic nitrogens is 1. The zero-order valence-corrected chi connectivity index (χ0v) is 16.6. The van der Waals surface area contributed by atoms with Crippen LogP contribution in [0.1, 0.15) is 18.1 Å². The first-order valence-electron chi connectivity index (χ1n) is 9.03. The van der Waals surface area contributed by atoms with Crippen molar-refractivity contribution in [1.29, 1.82) is 0 Å². The van der Waals surface area contributed by atoms with Crippen LogP contribution in [0.3, 0.4) is 0 Å². The van der Waals surface area contributed by atoms with E-state index in [2.05, 4.69) is 15.6 Å². The van der Waals surface area contributed by atoms with Crippen LogP contribution in [0.5, 0.6) is 0 Å². The molecule has 0 fully saturated rings. The van der Waals surface area contributed by atoms with Gasteiger partial charge in [-0.2, -0.15) is 0 Å². The first-order chi connectivity index (χ1) is 14.0. The first-order valence-corrected chi connectivity index (χ1v) is 9.91. The van der Waals surface area contributed by atoms with E-state index < -0.39 is 0 Å². The van der Waals surface area contributed by atoms with Crippen LogP contribution in [0, 0.1) is 5.82 Å². The van der Waals surface area contributed by atoms with Crippen molar-refractivity contribution in [2.75, 3.05) is 11.9 Å². The van der Waals surface area contributed by atoms with E-state index >= 15 is 0 Å². The molecule has 148 valence electrons. The molecule has 0 aliphatic heterocycles. The maximum Gasteiger partial charge on any atom is 0.250 e. The Hall–Kier alpha value is -3.32. The van der Waals surface area contributed by atoms with Gasteiger partial charge >= 0.3 is 0 Å². The highest BCUT2D eigenvalue weighted by molar-refractivity contribution is 7.14. The van der Waals surface area contributed by atoms with Gasteiger partial charge in [0.1, 0.15) is 5.82 Å². The van der Waals surface area contributed by atoms with Crippen molar-refractivity contribution in [3.63, 3.8) is 0 Å². The lowest BCUT2D eigenvalue weighted by Gasteiger charge is -2.03. The minimum atomic E-state index is -0.317. The summed E-state index contributed by atoms with van der Waals surface area (Å²) in [7, 11) is 0. The smallest absolute Gasteiger partial charge is 0.250 e. The first kappa shape index (κ1) is 20.4. The lowest BCUT2D eigenvalue weighted by Crippen LogP contribution is -2.22. The number of halogens is 1. The van der Waals surface area contributed by atoms with Gasteiger partial charge in [0.05, 0.1) is 5.69 Å². The quantitative estimate of drug-likeness (QED) is 0.572. The number of anilines is 1. The number of nitrogens with zero attached hydrogens (tertiary/aromatic N) is 1. The number of rotatable bonds is 7. The molecule has 0 aliphatic carbocycles. The maximum atomic E-state index is 12.9. The Morgan fingerprint density at radius 1 is 1.10 bits per heavy atom. The molecule has 0 saturated heterocycles. The van der Waals surface area contributed by atoms with Gasteiger partial charge in [-0.1, -0.05) is 36.4 Å². The molecule has 0 unspecified atom stereocenters. The van der Waals surface area contributed by atoms with Crippen molar-refractivity contribution in [2.45, 2.75) is 13.3 Å². The zero-order chi connectivity index (χ0) is 20.6. The highest BCUT2D eigenvalue weighted by Gasteiger charge is 2.07. The second-order valence-electron chi connectivity index (χ2n) is 6.34. The lowest BCUT2D eigenvalue weighted by atomic mass is 10.1. The molecule has 1 heterocycles. The fraction of sp³-hybridized carbons (Fsp3) is 0.136. The summed E-state index contributed by atoms with van der Waals surface area (Å²) in [6.45, 7) is 2.10. The molecule has 1 aromatic heterocycles. The molecule has 2 aromatic carbocycles. The second kappa shape index (κ2) is 9.75. The lowest BCUT2D eigenvalue weighted by molar-refractivity contribution is -0.119. The highest BCUT2D eigenvalue weighted by atomic mass is 32.1. The molecule has 0 aliphatic rings. The number of carbonyl (C=O) groups excluding carboxylic acids is 2. The zero-order valence-electron chi connectivity index (χ0n) is 15.8. The van der Waals surface area contributed by atoms with Crippen LogP contribution in [-0.2, 0) is 16.0 Å².